The van der Waals surface area contributed by atoms with Crippen molar-refractivity contribution in [3.05, 3.63) is 42.5 Å². The molecule has 0 bridgehead atoms. The molecule has 3 heterocycles. The number of H-pyrrole nitrogens is 1. The van der Waals surface area contributed by atoms with E-state index in [9.17, 15) is 0 Å². The van der Waals surface area contributed by atoms with Crippen LogP contribution in [0.5, 0.6) is 0 Å². The Morgan fingerprint density at radius 1 is 1.11 bits per heavy atom. The van der Waals surface area contributed by atoms with Crippen LogP contribution in [-0.4, -0.2) is 19.9 Å². The molecule has 92 valence electrons. The Labute approximate surface area is 106 Å². The molecule has 0 aliphatic carbocycles. The molecular weight excluding hydrogens is 224 g/mol. The summed E-state index contributed by atoms with van der Waals surface area (Å²) in [6, 6.07) is 3.86. The van der Waals surface area contributed by atoms with Crippen molar-refractivity contribution in [3.8, 4) is 11.3 Å². The van der Waals surface area contributed by atoms with Crippen molar-refractivity contribution in [3.63, 3.8) is 0 Å². The number of aromatic amines is 1. The Morgan fingerprint density at radius 3 is 2.56 bits per heavy atom. The fourth-order valence-electron chi connectivity index (χ4n) is 1.68. The van der Waals surface area contributed by atoms with Gasteiger partial charge in [-0.25, -0.2) is 9.97 Å². The molecule has 18 heavy (non-hydrogen) atoms. The number of nitrogens with one attached hydrogen (secondary N) is 1. The summed E-state index contributed by atoms with van der Waals surface area (Å²) < 4.78 is 0. The van der Waals surface area contributed by atoms with E-state index in [-0.39, 0.29) is 0 Å². The molecule has 0 saturated carbocycles. The van der Waals surface area contributed by atoms with E-state index in [1.54, 1.807) is 18.6 Å². The topological polar surface area (TPSA) is 54.5 Å². The van der Waals surface area contributed by atoms with E-state index in [1.165, 1.54) is 0 Å². The number of aromatic nitrogens is 4. The average Bonchev–Trinajstić information content (AvgIpc) is 2.83. The van der Waals surface area contributed by atoms with Crippen molar-refractivity contribution in [2.75, 3.05) is 0 Å². The van der Waals surface area contributed by atoms with Gasteiger partial charge in [-0.15, -0.1) is 0 Å². The van der Waals surface area contributed by atoms with E-state index < -0.39 is 0 Å². The van der Waals surface area contributed by atoms with Gasteiger partial charge in [0.2, 0.25) is 0 Å². The minimum absolute atomic E-state index is 0.829. The van der Waals surface area contributed by atoms with Crippen molar-refractivity contribution < 1.29 is 0 Å². The molecule has 0 amide bonds. The largest absolute Gasteiger partial charge is 0.345 e. The van der Waals surface area contributed by atoms with Gasteiger partial charge in [-0.2, -0.15) is 0 Å². The molecule has 1 N–H and O–H groups in total. The monoisotopic (exact) mass is 240 g/mol. The van der Waals surface area contributed by atoms with E-state index in [0.717, 1.165) is 28.0 Å². The number of rotatable bonds is 1. The highest BCUT2D eigenvalue weighted by molar-refractivity contribution is 5.77. The third kappa shape index (κ3) is 2.22. The van der Waals surface area contributed by atoms with Crippen LogP contribution in [-0.2, 0) is 0 Å². The number of pyridine rings is 1. The molecule has 0 aromatic carbocycles. The maximum atomic E-state index is 4.58. The maximum Gasteiger partial charge on any atom is 0.156 e. The lowest BCUT2D eigenvalue weighted by Crippen LogP contribution is -1.87. The number of hydrogen-bond acceptors (Lipinski definition) is 3. The second-order valence-corrected chi connectivity index (χ2v) is 3.66. The Morgan fingerprint density at radius 2 is 1.83 bits per heavy atom. The Hall–Kier alpha value is -2.23. The van der Waals surface area contributed by atoms with Crippen LogP contribution in [0.25, 0.3) is 22.4 Å². The SMILES string of the molecule is CC.Cc1c[nH]c2ncc(-c3ccncc3)nc12. The molecule has 4 heteroatoms. The van der Waals surface area contributed by atoms with Crippen LogP contribution in [0.4, 0.5) is 0 Å². The van der Waals surface area contributed by atoms with Gasteiger partial charge in [0.05, 0.1) is 11.9 Å². The van der Waals surface area contributed by atoms with Crippen LogP contribution in [0, 0.1) is 6.92 Å². The summed E-state index contributed by atoms with van der Waals surface area (Å²) in [4.78, 5) is 16.0. The molecule has 0 radical (unpaired) electrons. The van der Waals surface area contributed by atoms with Crippen molar-refractivity contribution in [1.29, 1.82) is 0 Å². The molecule has 0 saturated heterocycles. The summed E-state index contributed by atoms with van der Waals surface area (Å²) in [5.74, 6) is 0. The predicted octanol–water partition coefficient (Wildman–Crippen LogP) is 3.35. The summed E-state index contributed by atoms with van der Waals surface area (Å²) in [5.41, 5.74) is 4.77. The van der Waals surface area contributed by atoms with E-state index in [2.05, 4.69) is 19.9 Å². The van der Waals surface area contributed by atoms with E-state index in [0.29, 0.717) is 0 Å². The van der Waals surface area contributed by atoms with Gasteiger partial charge in [-0.3, -0.25) is 4.98 Å². The quantitative estimate of drug-likeness (QED) is 0.709. The Balaban J connectivity index is 0.000000574. The summed E-state index contributed by atoms with van der Waals surface area (Å²) in [7, 11) is 0. The van der Waals surface area contributed by atoms with Crippen molar-refractivity contribution in [2.24, 2.45) is 0 Å². The van der Waals surface area contributed by atoms with Gasteiger partial charge >= 0.3 is 0 Å². The van der Waals surface area contributed by atoms with E-state index >= 15 is 0 Å². The molecular formula is C14H16N4. The first-order valence-electron chi connectivity index (χ1n) is 6.06. The second kappa shape index (κ2) is 5.40. The zero-order valence-electron chi connectivity index (χ0n) is 10.8. The van der Waals surface area contributed by atoms with Gasteiger partial charge in [0, 0.05) is 24.2 Å². The third-order valence-electron chi connectivity index (χ3n) is 2.55. The molecule has 3 aromatic heterocycles. The second-order valence-electron chi connectivity index (χ2n) is 3.66. The van der Waals surface area contributed by atoms with Gasteiger partial charge in [0.25, 0.3) is 0 Å². The fourth-order valence-corrected chi connectivity index (χ4v) is 1.68. The van der Waals surface area contributed by atoms with Crippen LogP contribution in [0.1, 0.15) is 19.4 Å². The third-order valence-corrected chi connectivity index (χ3v) is 2.55. The zero-order valence-corrected chi connectivity index (χ0v) is 10.8. The number of aryl methyl sites for hydroxylation is 1. The first-order valence-corrected chi connectivity index (χ1v) is 6.06. The lowest BCUT2D eigenvalue weighted by Gasteiger charge is -1.99. The lowest BCUT2D eigenvalue weighted by molar-refractivity contribution is 1.25. The smallest absolute Gasteiger partial charge is 0.156 e. The summed E-state index contributed by atoms with van der Waals surface area (Å²) >= 11 is 0. The van der Waals surface area contributed by atoms with Gasteiger partial charge < -0.3 is 4.98 Å². The number of fused-ring (bicyclic) bond motifs is 1. The maximum absolute atomic E-state index is 4.58. The molecule has 0 spiro atoms. The molecule has 0 aliphatic heterocycles. The first-order chi connectivity index (χ1) is 8.84. The predicted molar refractivity (Wildman–Crippen MR) is 73.2 cm³/mol. The van der Waals surface area contributed by atoms with Crippen LogP contribution >= 0.6 is 0 Å². The molecule has 0 unspecified atom stereocenters. The van der Waals surface area contributed by atoms with Gasteiger partial charge in [0.1, 0.15) is 5.52 Å². The minimum Gasteiger partial charge on any atom is -0.345 e. The fraction of sp³-hybridized carbons (Fsp3) is 0.214. The first kappa shape index (κ1) is 12.2. The number of nitrogens with zero attached hydrogens (tertiary/aromatic N) is 3. The van der Waals surface area contributed by atoms with Crippen LogP contribution in [0.15, 0.2) is 36.9 Å². The summed E-state index contributed by atoms with van der Waals surface area (Å²) in [5, 5.41) is 0. The van der Waals surface area contributed by atoms with Crippen molar-refractivity contribution in [1.82, 2.24) is 19.9 Å². The molecule has 3 aromatic rings. The minimum atomic E-state index is 0.829. The van der Waals surface area contributed by atoms with Gasteiger partial charge in [0.15, 0.2) is 5.65 Å². The van der Waals surface area contributed by atoms with Crippen LogP contribution in [0.2, 0.25) is 0 Å². The lowest BCUT2D eigenvalue weighted by atomic mass is 10.2. The number of hydrogen-bond donors (Lipinski definition) is 1. The van der Waals surface area contributed by atoms with Crippen LogP contribution < -0.4 is 0 Å². The summed E-state index contributed by atoms with van der Waals surface area (Å²) in [6.07, 6.45) is 7.20. The van der Waals surface area contributed by atoms with Gasteiger partial charge in [-0.1, -0.05) is 13.8 Å². The zero-order chi connectivity index (χ0) is 13.0. The highest BCUT2D eigenvalue weighted by Gasteiger charge is 2.05. The molecule has 4 nitrogen and oxygen atoms in total. The van der Waals surface area contributed by atoms with Gasteiger partial charge in [-0.05, 0) is 24.6 Å². The summed E-state index contributed by atoms with van der Waals surface area (Å²) in [6.45, 7) is 6.02. The molecule has 0 aliphatic rings. The highest BCUT2D eigenvalue weighted by atomic mass is 14.9. The van der Waals surface area contributed by atoms with E-state index in [4.69, 9.17) is 0 Å². The van der Waals surface area contributed by atoms with Crippen molar-refractivity contribution >= 4 is 11.2 Å². The van der Waals surface area contributed by atoms with Crippen LogP contribution in [0.3, 0.4) is 0 Å². The standard InChI is InChI=1S/C12H10N4.C2H6/c1-8-6-14-12-11(8)16-10(7-15-12)9-2-4-13-5-3-9;1-2/h2-7H,1H3,(H,14,15);1-2H3. The Kier molecular flexibility index (Phi) is 3.67. The molecule has 3 rings (SSSR count). The molecule has 0 fully saturated rings. The Bertz CT molecular complexity index is 629. The van der Waals surface area contributed by atoms with Crippen molar-refractivity contribution in [2.45, 2.75) is 20.8 Å². The molecule has 0 atom stereocenters. The average molecular weight is 240 g/mol. The normalized spacial score (nSPS) is 9.94. The highest BCUT2D eigenvalue weighted by Crippen LogP contribution is 2.19. The van der Waals surface area contributed by atoms with E-state index in [1.807, 2.05) is 39.1 Å².